The van der Waals surface area contributed by atoms with Gasteiger partial charge in [-0.25, -0.2) is 4.79 Å². The molecule has 0 radical (unpaired) electrons. The summed E-state index contributed by atoms with van der Waals surface area (Å²) < 4.78 is 5.34. The van der Waals surface area contributed by atoms with E-state index >= 15 is 0 Å². The number of anilines is 1. The van der Waals surface area contributed by atoms with Crippen LogP contribution in [0.25, 0.3) is 0 Å². The summed E-state index contributed by atoms with van der Waals surface area (Å²) in [5.74, 6) is -1.78. The highest BCUT2D eigenvalue weighted by atomic mass is 16.5. The van der Waals surface area contributed by atoms with Crippen LogP contribution in [0, 0.1) is 0 Å². The molecule has 2 aliphatic heterocycles. The number of carbonyl (C=O) groups is 4. The molecule has 2 aliphatic rings. The van der Waals surface area contributed by atoms with Gasteiger partial charge < -0.3 is 15.0 Å². The second-order valence-corrected chi connectivity index (χ2v) is 7.97. The number of hydrogen-bond donors (Lipinski definition) is 1. The SMILES string of the molecule is CCN1C(=O)c2ccccc2N2C(=O)CC[C@@]12C(=O)OCC(=O)NC(C)(C)CC. The van der Waals surface area contributed by atoms with Crippen LogP contribution in [0.3, 0.4) is 0 Å². The van der Waals surface area contributed by atoms with E-state index in [9.17, 15) is 19.2 Å². The average molecular weight is 401 g/mol. The van der Waals surface area contributed by atoms with E-state index in [0.29, 0.717) is 17.7 Å². The molecule has 156 valence electrons. The van der Waals surface area contributed by atoms with Gasteiger partial charge in [0.15, 0.2) is 6.61 Å². The smallest absolute Gasteiger partial charge is 0.354 e. The molecule has 0 saturated carbocycles. The van der Waals surface area contributed by atoms with E-state index < -0.39 is 29.7 Å². The van der Waals surface area contributed by atoms with Crippen LogP contribution in [0.1, 0.15) is 57.3 Å². The molecule has 3 rings (SSSR count). The number of nitrogens with zero attached hydrogens (tertiary/aromatic N) is 2. The molecule has 1 atom stereocenters. The summed E-state index contributed by atoms with van der Waals surface area (Å²) in [5.41, 5.74) is -1.21. The summed E-state index contributed by atoms with van der Waals surface area (Å²) in [7, 11) is 0. The number of rotatable bonds is 6. The Bertz CT molecular complexity index is 866. The Morgan fingerprint density at radius 1 is 1.21 bits per heavy atom. The lowest BCUT2D eigenvalue weighted by atomic mass is 9.96. The average Bonchev–Trinajstić information content (AvgIpc) is 3.04. The molecular weight excluding hydrogens is 374 g/mol. The number of esters is 1. The fourth-order valence-corrected chi connectivity index (χ4v) is 3.92. The van der Waals surface area contributed by atoms with Gasteiger partial charge >= 0.3 is 5.97 Å². The van der Waals surface area contributed by atoms with E-state index in [4.69, 9.17) is 4.74 Å². The van der Waals surface area contributed by atoms with Crippen molar-refractivity contribution in [3.63, 3.8) is 0 Å². The van der Waals surface area contributed by atoms with Gasteiger partial charge in [-0.05, 0) is 39.3 Å². The van der Waals surface area contributed by atoms with Crippen molar-refractivity contribution in [3.8, 4) is 0 Å². The molecule has 0 aromatic heterocycles. The highest BCUT2D eigenvalue weighted by Gasteiger charge is 2.61. The van der Waals surface area contributed by atoms with Crippen LogP contribution in [0.2, 0.25) is 0 Å². The van der Waals surface area contributed by atoms with Crippen molar-refractivity contribution in [1.29, 1.82) is 0 Å². The fourth-order valence-electron chi connectivity index (χ4n) is 3.92. The third-order valence-corrected chi connectivity index (χ3v) is 5.71. The molecule has 2 heterocycles. The number of ether oxygens (including phenoxy) is 1. The maximum Gasteiger partial charge on any atom is 0.354 e. The fraction of sp³-hybridized carbons (Fsp3) is 0.524. The molecule has 1 aromatic carbocycles. The Labute approximate surface area is 170 Å². The van der Waals surface area contributed by atoms with Gasteiger partial charge in [-0.2, -0.15) is 0 Å². The zero-order chi connectivity index (χ0) is 21.4. The van der Waals surface area contributed by atoms with Gasteiger partial charge in [0, 0.05) is 24.9 Å². The van der Waals surface area contributed by atoms with Crippen LogP contribution in [-0.2, 0) is 19.1 Å². The molecule has 0 unspecified atom stereocenters. The molecular formula is C21H27N3O5. The molecule has 29 heavy (non-hydrogen) atoms. The first-order valence-corrected chi connectivity index (χ1v) is 9.90. The topological polar surface area (TPSA) is 96.0 Å². The minimum atomic E-state index is -1.56. The van der Waals surface area contributed by atoms with Crippen LogP contribution in [0.5, 0.6) is 0 Å². The van der Waals surface area contributed by atoms with Gasteiger partial charge in [-0.15, -0.1) is 0 Å². The van der Waals surface area contributed by atoms with Crippen molar-refractivity contribution in [1.82, 2.24) is 10.2 Å². The Hall–Kier alpha value is -2.90. The van der Waals surface area contributed by atoms with Crippen molar-refractivity contribution in [2.45, 2.75) is 58.2 Å². The Kier molecular flexibility index (Phi) is 5.38. The van der Waals surface area contributed by atoms with Crippen LogP contribution in [-0.4, -0.2) is 52.9 Å². The Balaban J connectivity index is 1.91. The lowest BCUT2D eigenvalue weighted by Gasteiger charge is -2.48. The van der Waals surface area contributed by atoms with Crippen LogP contribution in [0.15, 0.2) is 24.3 Å². The first-order chi connectivity index (χ1) is 13.7. The third kappa shape index (κ3) is 3.36. The van der Waals surface area contributed by atoms with Crippen molar-refractivity contribution >= 4 is 29.4 Å². The third-order valence-electron chi connectivity index (χ3n) is 5.71. The van der Waals surface area contributed by atoms with E-state index in [1.165, 1.54) is 9.80 Å². The van der Waals surface area contributed by atoms with Gasteiger partial charge in [0.2, 0.25) is 11.6 Å². The summed E-state index contributed by atoms with van der Waals surface area (Å²) in [4.78, 5) is 54.0. The molecule has 1 fully saturated rings. The zero-order valence-corrected chi connectivity index (χ0v) is 17.3. The molecule has 1 aromatic rings. The maximum atomic E-state index is 13.2. The predicted octanol–water partition coefficient (Wildman–Crippen LogP) is 1.83. The molecule has 3 amide bonds. The van der Waals surface area contributed by atoms with E-state index in [1.807, 2.05) is 20.8 Å². The highest BCUT2D eigenvalue weighted by Crippen LogP contribution is 2.44. The number of hydrogen-bond acceptors (Lipinski definition) is 5. The van der Waals surface area contributed by atoms with E-state index in [1.54, 1.807) is 31.2 Å². The van der Waals surface area contributed by atoms with Crippen molar-refractivity contribution in [2.24, 2.45) is 0 Å². The van der Waals surface area contributed by atoms with E-state index in [0.717, 1.165) is 0 Å². The molecule has 1 N–H and O–H groups in total. The zero-order valence-electron chi connectivity index (χ0n) is 17.3. The lowest BCUT2D eigenvalue weighted by molar-refractivity contribution is -0.160. The number of benzene rings is 1. The number of likely N-dealkylation sites (N-methyl/N-ethyl adjacent to an activating group) is 1. The summed E-state index contributed by atoms with van der Waals surface area (Å²) in [5, 5.41) is 2.80. The quantitative estimate of drug-likeness (QED) is 0.734. The number of para-hydroxylation sites is 1. The number of carbonyl (C=O) groups excluding carboxylic acids is 4. The van der Waals surface area contributed by atoms with Gasteiger partial charge in [0.25, 0.3) is 11.8 Å². The molecule has 1 saturated heterocycles. The maximum absolute atomic E-state index is 13.2. The van der Waals surface area contributed by atoms with Gasteiger partial charge in [-0.3, -0.25) is 19.3 Å². The van der Waals surface area contributed by atoms with Gasteiger partial charge in [0.05, 0.1) is 11.3 Å². The highest BCUT2D eigenvalue weighted by molar-refractivity contribution is 6.15. The first kappa shape index (κ1) is 20.8. The lowest BCUT2D eigenvalue weighted by Crippen LogP contribution is -2.68. The van der Waals surface area contributed by atoms with Crippen LogP contribution < -0.4 is 10.2 Å². The monoisotopic (exact) mass is 401 g/mol. The molecule has 0 aliphatic carbocycles. The Morgan fingerprint density at radius 2 is 1.90 bits per heavy atom. The van der Waals surface area contributed by atoms with Crippen molar-refractivity contribution < 1.29 is 23.9 Å². The summed E-state index contributed by atoms with van der Waals surface area (Å²) in [6.07, 6.45) is 0.955. The van der Waals surface area contributed by atoms with Gasteiger partial charge in [-0.1, -0.05) is 19.1 Å². The second-order valence-electron chi connectivity index (χ2n) is 7.97. The number of nitrogens with one attached hydrogen (secondary N) is 1. The second kappa shape index (κ2) is 7.50. The summed E-state index contributed by atoms with van der Waals surface area (Å²) >= 11 is 0. The largest absolute Gasteiger partial charge is 0.452 e. The molecule has 0 spiro atoms. The van der Waals surface area contributed by atoms with Crippen molar-refractivity contribution in [3.05, 3.63) is 29.8 Å². The molecule has 0 bridgehead atoms. The first-order valence-electron chi connectivity index (χ1n) is 9.90. The minimum Gasteiger partial charge on any atom is -0.452 e. The standard InChI is InChI=1S/C21H27N3O5/c1-5-20(3,4)22-16(25)13-29-19(28)21-12-11-17(26)24(21)15-10-8-7-9-14(15)18(27)23(21)6-2/h7-10H,5-6,11-13H2,1-4H3,(H,22,25)/t21-/m1/s1. The number of fused-ring (bicyclic) bond motifs is 3. The number of amides is 3. The van der Waals surface area contributed by atoms with Gasteiger partial charge in [0.1, 0.15) is 0 Å². The molecule has 8 nitrogen and oxygen atoms in total. The summed E-state index contributed by atoms with van der Waals surface area (Å²) in [6, 6.07) is 6.73. The van der Waals surface area contributed by atoms with E-state index in [-0.39, 0.29) is 31.2 Å². The summed E-state index contributed by atoms with van der Waals surface area (Å²) in [6.45, 7) is 7.19. The molecule has 8 heteroatoms. The predicted molar refractivity (Wildman–Crippen MR) is 106 cm³/mol. The van der Waals surface area contributed by atoms with Crippen molar-refractivity contribution in [2.75, 3.05) is 18.1 Å². The normalized spacial score (nSPS) is 21.0. The Morgan fingerprint density at radius 3 is 2.55 bits per heavy atom. The van der Waals surface area contributed by atoms with E-state index in [2.05, 4.69) is 5.32 Å². The minimum absolute atomic E-state index is 0.113. The van der Waals surface area contributed by atoms with Crippen LogP contribution >= 0.6 is 0 Å². The van der Waals surface area contributed by atoms with Crippen LogP contribution in [0.4, 0.5) is 5.69 Å².